The molecule has 4 rings (SSSR count). The van der Waals surface area contributed by atoms with Crippen molar-refractivity contribution in [3.8, 4) is 11.1 Å². The number of nitrogens with one attached hydrogen (secondary N) is 1. The Balaban J connectivity index is 1.72. The Bertz CT molecular complexity index is 1420. The van der Waals surface area contributed by atoms with E-state index < -0.39 is 23.4 Å². The number of nitrogens with two attached hydrogens (primary N) is 1. The largest absolute Gasteiger partial charge is 0.453 e. The van der Waals surface area contributed by atoms with Crippen LogP contribution in [0, 0.1) is 11.7 Å². The molecule has 4 N–H and O–H groups in total. The number of aliphatic hydroxyl groups is 1. The Morgan fingerprint density at radius 1 is 1.17 bits per heavy atom. The van der Waals surface area contributed by atoms with Gasteiger partial charge < -0.3 is 25.8 Å². The number of rotatable bonds is 10. The lowest BCUT2D eigenvalue weighted by Gasteiger charge is -2.44. The quantitative estimate of drug-likeness (QED) is 0.248. The van der Waals surface area contributed by atoms with E-state index in [-0.39, 0.29) is 24.6 Å². The van der Waals surface area contributed by atoms with Gasteiger partial charge in [-0.05, 0) is 72.6 Å². The van der Waals surface area contributed by atoms with E-state index in [1.165, 1.54) is 19.2 Å². The molecule has 1 aliphatic rings. The Morgan fingerprint density at radius 3 is 2.67 bits per heavy atom. The second-order valence-corrected chi connectivity index (χ2v) is 11.2. The standard InChI is InChI=1S/C33H39ClFN3O4/c1-3-22-8-4-9-24(18-22)30-27(11-5-12-28(30)34)33(41,15-7-16-37-32(40)42-2)25-10-6-17-38(21-25)31(39)26-14-13-23(20-36)19-29(26)35/h4-5,8-9,11-14,18-19,25,41H,3,6-7,10,15-17,20-21,36H2,1-2H3,(H,37,40). The summed E-state index contributed by atoms with van der Waals surface area (Å²) in [7, 11) is 1.30. The van der Waals surface area contributed by atoms with E-state index in [4.69, 9.17) is 22.1 Å². The van der Waals surface area contributed by atoms with Crippen LogP contribution < -0.4 is 11.1 Å². The van der Waals surface area contributed by atoms with E-state index in [0.717, 1.165) is 23.1 Å². The highest BCUT2D eigenvalue weighted by Gasteiger charge is 2.43. The molecule has 0 aliphatic carbocycles. The van der Waals surface area contributed by atoms with Gasteiger partial charge in [-0.15, -0.1) is 0 Å². The molecule has 1 saturated heterocycles. The SMILES string of the molecule is CCc1cccc(-c2c(Cl)cccc2C(O)(CCCNC(=O)OC)C2CCCN(C(=O)c3ccc(CN)cc3F)C2)c1. The van der Waals surface area contributed by atoms with Gasteiger partial charge in [-0.25, -0.2) is 9.18 Å². The molecule has 224 valence electrons. The summed E-state index contributed by atoms with van der Waals surface area (Å²) in [6, 6.07) is 18.0. The fourth-order valence-corrected chi connectivity index (χ4v) is 6.17. The van der Waals surface area contributed by atoms with Crippen LogP contribution in [0.3, 0.4) is 0 Å². The summed E-state index contributed by atoms with van der Waals surface area (Å²) in [5, 5.41) is 15.9. The Kier molecular flexibility index (Phi) is 10.6. The average Bonchev–Trinajstić information content (AvgIpc) is 3.02. The van der Waals surface area contributed by atoms with Crippen molar-refractivity contribution in [3.63, 3.8) is 0 Å². The van der Waals surface area contributed by atoms with Crippen molar-refractivity contribution < 1.29 is 23.8 Å². The van der Waals surface area contributed by atoms with E-state index in [9.17, 15) is 19.1 Å². The summed E-state index contributed by atoms with van der Waals surface area (Å²) >= 11 is 6.83. The molecular formula is C33H39ClFN3O4. The summed E-state index contributed by atoms with van der Waals surface area (Å²) in [5.41, 5.74) is 8.27. The highest BCUT2D eigenvalue weighted by molar-refractivity contribution is 6.33. The predicted molar refractivity (Wildman–Crippen MR) is 163 cm³/mol. The molecule has 0 radical (unpaired) electrons. The van der Waals surface area contributed by atoms with Crippen LogP contribution in [-0.2, 0) is 23.3 Å². The van der Waals surface area contributed by atoms with Crippen LogP contribution in [0.5, 0.6) is 0 Å². The number of ether oxygens (including phenoxy) is 1. The first-order valence-electron chi connectivity index (χ1n) is 14.4. The van der Waals surface area contributed by atoms with Crippen molar-refractivity contribution in [2.45, 2.75) is 51.2 Å². The smallest absolute Gasteiger partial charge is 0.406 e. The lowest BCUT2D eigenvalue weighted by molar-refractivity contribution is -0.0563. The molecule has 0 saturated carbocycles. The summed E-state index contributed by atoms with van der Waals surface area (Å²) in [4.78, 5) is 26.8. The number of benzene rings is 3. The maximum absolute atomic E-state index is 14.9. The summed E-state index contributed by atoms with van der Waals surface area (Å²) in [6.45, 7) is 3.24. The number of amides is 2. The number of aryl methyl sites for hydroxylation is 1. The molecule has 7 nitrogen and oxygen atoms in total. The van der Waals surface area contributed by atoms with Crippen molar-refractivity contribution in [1.29, 1.82) is 0 Å². The third-order valence-electron chi connectivity index (χ3n) is 8.18. The summed E-state index contributed by atoms with van der Waals surface area (Å²) in [5.74, 6) is -1.40. The van der Waals surface area contributed by atoms with E-state index >= 15 is 0 Å². The van der Waals surface area contributed by atoms with Crippen LogP contribution in [-0.4, -0.2) is 48.8 Å². The first kappa shape index (κ1) is 31.5. The monoisotopic (exact) mass is 595 g/mol. The number of methoxy groups -OCH3 is 1. The molecule has 0 aromatic heterocycles. The zero-order chi connectivity index (χ0) is 30.3. The van der Waals surface area contributed by atoms with Gasteiger partial charge in [0.2, 0.25) is 0 Å². The number of halogens is 2. The molecule has 3 aromatic carbocycles. The van der Waals surface area contributed by atoms with Crippen LogP contribution in [0.4, 0.5) is 9.18 Å². The molecule has 1 fully saturated rings. The highest BCUT2D eigenvalue weighted by Crippen LogP contribution is 2.45. The van der Waals surface area contributed by atoms with Gasteiger partial charge in [-0.2, -0.15) is 0 Å². The van der Waals surface area contributed by atoms with Gasteiger partial charge in [0.15, 0.2) is 0 Å². The zero-order valence-corrected chi connectivity index (χ0v) is 24.9. The molecule has 0 bridgehead atoms. The Morgan fingerprint density at radius 2 is 1.95 bits per heavy atom. The van der Waals surface area contributed by atoms with E-state index in [2.05, 4.69) is 24.4 Å². The van der Waals surface area contributed by atoms with Crippen LogP contribution >= 0.6 is 11.6 Å². The molecule has 9 heteroatoms. The molecule has 2 atom stereocenters. The van der Waals surface area contributed by atoms with Gasteiger partial charge in [0.05, 0.1) is 18.3 Å². The van der Waals surface area contributed by atoms with Crippen molar-refractivity contribution in [3.05, 3.63) is 93.8 Å². The van der Waals surface area contributed by atoms with Crippen molar-refractivity contribution in [1.82, 2.24) is 10.2 Å². The summed E-state index contributed by atoms with van der Waals surface area (Å²) < 4.78 is 19.6. The van der Waals surface area contributed by atoms with E-state index in [0.29, 0.717) is 54.9 Å². The molecule has 42 heavy (non-hydrogen) atoms. The molecule has 1 heterocycles. The van der Waals surface area contributed by atoms with Gasteiger partial charge in [0.25, 0.3) is 5.91 Å². The van der Waals surface area contributed by atoms with Crippen molar-refractivity contribution in [2.75, 3.05) is 26.7 Å². The molecule has 2 amide bonds. The maximum atomic E-state index is 14.9. The molecule has 2 unspecified atom stereocenters. The average molecular weight is 596 g/mol. The number of carbonyl (C=O) groups excluding carboxylic acids is 2. The lowest BCUT2D eigenvalue weighted by Crippen LogP contribution is -2.48. The predicted octanol–water partition coefficient (Wildman–Crippen LogP) is 6.04. The number of hydrogen-bond donors (Lipinski definition) is 3. The van der Waals surface area contributed by atoms with Gasteiger partial charge in [-0.3, -0.25) is 4.79 Å². The fraction of sp³-hybridized carbons (Fsp3) is 0.394. The molecular weight excluding hydrogens is 557 g/mol. The van der Waals surface area contributed by atoms with E-state index in [1.54, 1.807) is 11.0 Å². The Labute approximate surface area is 251 Å². The van der Waals surface area contributed by atoms with Crippen LogP contribution in [0.25, 0.3) is 11.1 Å². The Hall–Kier alpha value is -3.46. The molecule has 0 spiro atoms. The molecule has 3 aromatic rings. The number of piperidine rings is 1. The van der Waals surface area contributed by atoms with Crippen molar-refractivity contribution >= 4 is 23.6 Å². The minimum atomic E-state index is -1.40. The normalized spacial score (nSPS) is 16.5. The first-order chi connectivity index (χ1) is 20.2. The highest BCUT2D eigenvalue weighted by atomic mass is 35.5. The zero-order valence-electron chi connectivity index (χ0n) is 24.2. The number of hydrogen-bond acceptors (Lipinski definition) is 5. The minimum absolute atomic E-state index is 0.0153. The maximum Gasteiger partial charge on any atom is 0.406 e. The van der Waals surface area contributed by atoms with Gasteiger partial charge >= 0.3 is 6.09 Å². The topological polar surface area (TPSA) is 105 Å². The minimum Gasteiger partial charge on any atom is -0.453 e. The fourth-order valence-electron chi connectivity index (χ4n) is 5.89. The number of carbonyl (C=O) groups is 2. The number of alkyl carbamates (subject to hydrolysis) is 1. The second-order valence-electron chi connectivity index (χ2n) is 10.8. The lowest BCUT2D eigenvalue weighted by atomic mass is 9.72. The number of nitrogens with zero attached hydrogens (tertiary/aromatic N) is 1. The van der Waals surface area contributed by atoms with Gasteiger partial charge in [0, 0.05) is 42.7 Å². The first-order valence-corrected chi connectivity index (χ1v) is 14.8. The van der Waals surface area contributed by atoms with E-state index in [1.807, 2.05) is 30.3 Å². The third kappa shape index (κ3) is 6.94. The van der Waals surface area contributed by atoms with Crippen LogP contribution in [0.2, 0.25) is 5.02 Å². The number of likely N-dealkylation sites (tertiary alicyclic amines) is 1. The van der Waals surface area contributed by atoms with Crippen LogP contribution in [0.15, 0.2) is 60.7 Å². The third-order valence-corrected chi connectivity index (χ3v) is 8.49. The van der Waals surface area contributed by atoms with Crippen LogP contribution in [0.1, 0.15) is 59.7 Å². The molecule has 1 aliphatic heterocycles. The van der Waals surface area contributed by atoms with Gasteiger partial charge in [0.1, 0.15) is 5.82 Å². The second kappa shape index (κ2) is 14.1. The van der Waals surface area contributed by atoms with Gasteiger partial charge in [-0.1, -0.05) is 61.0 Å². The van der Waals surface area contributed by atoms with Crippen molar-refractivity contribution in [2.24, 2.45) is 11.7 Å². The summed E-state index contributed by atoms with van der Waals surface area (Å²) in [6.07, 6.45) is 2.34.